The average Bonchev–Trinajstić information content (AvgIpc) is 2.93. The first-order valence-electron chi connectivity index (χ1n) is 7.69. The molecule has 0 N–H and O–H groups in total. The first-order valence-corrected chi connectivity index (χ1v) is 8.51. The molecule has 0 amide bonds. The molecular formula is C20H18NS+. The van der Waals surface area contributed by atoms with Crippen LogP contribution >= 0.6 is 11.3 Å². The Bertz CT molecular complexity index is 982. The van der Waals surface area contributed by atoms with Gasteiger partial charge in [-0.3, -0.25) is 0 Å². The molecule has 0 radical (unpaired) electrons. The van der Waals surface area contributed by atoms with Crippen molar-refractivity contribution < 1.29 is 4.57 Å². The van der Waals surface area contributed by atoms with Crippen LogP contribution in [0.5, 0.6) is 0 Å². The van der Waals surface area contributed by atoms with Gasteiger partial charge in [-0.25, -0.2) is 0 Å². The molecule has 2 aromatic carbocycles. The monoisotopic (exact) mass is 304 g/mol. The summed E-state index contributed by atoms with van der Waals surface area (Å²) in [5.41, 5.74) is 4.02. The third-order valence-corrected chi connectivity index (χ3v) is 5.50. The third-order valence-electron chi connectivity index (χ3n) is 4.29. The second-order valence-electron chi connectivity index (χ2n) is 5.60. The van der Waals surface area contributed by atoms with E-state index in [2.05, 4.69) is 79.2 Å². The van der Waals surface area contributed by atoms with E-state index in [-0.39, 0.29) is 0 Å². The number of aromatic nitrogens is 1. The molecule has 4 rings (SSSR count). The average molecular weight is 304 g/mol. The minimum Gasteiger partial charge on any atom is -0.199 e. The minimum absolute atomic E-state index is 0.983. The standard InChI is InChI=1S/C20H18NS/c1-3-21-13-7-6-9-17(21)19-14(2)11-12-16-15-8-4-5-10-18(15)22-20(16)19/h4-13H,3H2,1-2H3/q+1. The van der Waals surface area contributed by atoms with Gasteiger partial charge in [-0.05, 0) is 31.5 Å². The quantitative estimate of drug-likeness (QED) is 0.440. The molecular weight excluding hydrogens is 286 g/mol. The van der Waals surface area contributed by atoms with E-state index in [1.165, 1.54) is 37.0 Å². The van der Waals surface area contributed by atoms with Gasteiger partial charge in [0.05, 0.1) is 5.56 Å². The second-order valence-corrected chi connectivity index (χ2v) is 6.66. The Hall–Kier alpha value is -2.19. The van der Waals surface area contributed by atoms with E-state index in [1.54, 1.807) is 0 Å². The van der Waals surface area contributed by atoms with Crippen LogP contribution in [0, 0.1) is 6.92 Å². The molecule has 0 saturated heterocycles. The summed E-state index contributed by atoms with van der Waals surface area (Å²) in [7, 11) is 0. The van der Waals surface area contributed by atoms with Crippen LogP contribution in [0.25, 0.3) is 31.4 Å². The van der Waals surface area contributed by atoms with Gasteiger partial charge in [0.15, 0.2) is 6.20 Å². The Morgan fingerprint density at radius 1 is 0.909 bits per heavy atom. The Morgan fingerprint density at radius 3 is 2.59 bits per heavy atom. The first-order chi connectivity index (χ1) is 10.8. The molecule has 0 bridgehead atoms. The third kappa shape index (κ3) is 1.95. The van der Waals surface area contributed by atoms with Gasteiger partial charge in [0.1, 0.15) is 6.54 Å². The fraction of sp³-hybridized carbons (Fsp3) is 0.150. The van der Waals surface area contributed by atoms with Crippen LogP contribution in [-0.4, -0.2) is 0 Å². The van der Waals surface area contributed by atoms with E-state index in [0.717, 1.165) is 6.54 Å². The van der Waals surface area contributed by atoms with Crippen LogP contribution < -0.4 is 4.57 Å². The van der Waals surface area contributed by atoms with Crippen molar-refractivity contribution >= 4 is 31.5 Å². The predicted molar refractivity (Wildman–Crippen MR) is 95.4 cm³/mol. The number of fused-ring (bicyclic) bond motifs is 3. The summed E-state index contributed by atoms with van der Waals surface area (Å²) in [6, 6.07) is 19.7. The van der Waals surface area contributed by atoms with E-state index in [4.69, 9.17) is 0 Å². The Balaban J connectivity index is 2.15. The molecule has 108 valence electrons. The molecule has 4 aromatic rings. The summed E-state index contributed by atoms with van der Waals surface area (Å²) < 4.78 is 5.09. The van der Waals surface area contributed by atoms with Crippen LogP contribution in [0.1, 0.15) is 12.5 Å². The largest absolute Gasteiger partial charge is 0.214 e. The van der Waals surface area contributed by atoms with Gasteiger partial charge in [-0.15, -0.1) is 11.3 Å². The molecule has 0 spiro atoms. The van der Waals surface area contributed by atoms with E-state index in [0.29, 0.717) is 0 Å². The zero-order chi connectivity index (χ0) is 15.1. The lowest BCUT2D eigenvalue weighted by molar-refractivity contribution is -0.682. The normalized spacial score (nSPS) is 11.4. The molecule has 2 heterocycles. The number of benzene rings is 2. The van der Waals surface area contributed by atoms with Gasteiger partial charge in [0.2, 0.25) is 5.69 Å². The maximum Gasteiger partial charge on any atom is 0.214 e. The van der Waals surface area contributed by atoms with Crippen LogP contribution in [0.3, 0.4) is 0 Å². The topological polar surface area (TPSA) is 3.88 Å². The van der Waals surface area contributed by atoms with Crippen molar-refractivity contribution in [1.29, 1.82) is 0 Å². The molecule has 0 saturated carbocycles. The molecule has 1 nitrogen and oxygen atoms in total. The van der Waals surface area contributed by atoms with E-state index < -0.39 is 0 Å². The van der Waals surface area contributed by atoms with Crippen molar-refractivity contribution in [3.05, 3.63) is 66.4 Å². The lowest BCUT2D eigenvalue weighted by atomic mass is 10.0. The molecule has 0 fully saturated rings. The highest BCUT2D eigenvalue weighted by atomic mass is 32.1. The molecule has 22 heavy (non-hydrogen) atoms. The van der Waals surface area contributed by atoms with Crippen molar-refractivity contribution in [2.45, 2.75) is 20.4 Å². The van der Waals surface area contributed by atoms with Crippen LogP contribution in [0.4, 0.5) is 0 Å². The minimum atomic E-state index is 0.983. The molecule has 2 heteroatoms. The SMILES string of the molecule is CC[n+]1ccccc1-c1c(C)ccc2c1sc1ccccc12. The number of nitrogens with zero attached hydrogens (tertiary/aromatic N) is 1. The van der Waals surface area contributed by atoms with E-state index in [1.807, 2.05) is 11.3 Å². The van der Waals surface area contributed by atoms with Gasteiger partial charge in [-0.2, -0.15) is 4.57 Å². The fourth-order valence-electron chi connectivity index (χ4n) is 3.18. The van der Waals surface area contributed by atoms with Crippen LogP contribution in [0.2, 0.25) is 0 Å². The smallest absolute Gasteiger partial charge is 0.199 e. The molecule has 0 aliphatic rings. The lowest BCUT2D eigenvalue weighted by Gasteiger charge is -2.07. The maximum atomic E-state index is 2.33. The zero-order valence-corrected chi connectivity index (χ0v) is 13.7. The van der Waals surface area contributed by atoms with Crippen molar-refractivity contribution in [2.75, 3.05) is 0 Å². The molecule has 2 aromatic heterocycles. The number of aryl methyl sites for hydroxylation is 2. The van der Waals surface area contributed by atoms with E-state index in [9.17, 15) is 0 Å². The van der Waals surface area contributed by atoms with Crippen molar-refractivity contribution in [3.8, 4) is 11.3 Å². The Labute approximate surface area is 134 Å². The first kappa shape index (κ1) is 13.5. The molecule has 0 aliphatic heterocycles. The highest BCUT2D eigenvalue weighted by molar-refractivity contribution is 7.26. The van der Waals surface area contributed by atoms with Gasteiger partial charge in [0, 0.05) is 32.3 Å². The van der Waals surface area contributed by atoms with Gasteiger partial charge in [-0.1, -0.05) is 30.3 Å². The highest BCUT2D eigenvalue weighted by Crippen LogP contribution is 2.40. The van der Waals surface area contributed by atoms with Gasteiger partial charge >= 0.3 is 0 Å². The van der Waals surface area contributed by atoms with Gasteiger partial charge in [0.25, 0.3) is 0 Å². The number of rotatable bonds is 2. The Morgan fingerprint density at radius 2 is 1.73 bits per heavy atom. The van der Waals surface area contributed by atoms with Crippen molar-refractivity contribution in [3.63, 3.8) is 0 Å². The number of hydrogen-bond acceptors (Lipinski definition) is 1. The summed E-state index contributed by atoms with van der Waals surface area (Å²) in [5, 5.41) is 2.73. The number of pyridine rings is 1. The predicted octanol–water partition coefficient (Wildman–Crippen LogP) is 5.34. The number of thiophene rings is 1. The van der Waals surface area contributed by atoms with E-state index >= 15 is 0 Å². The van der Waals surface area contributed by atoms with Crippen molar-refractivity contribution in [1.82, 2.24) is 0 Å². The summed E-state index contributed by atoms with van der Waals surface area (Å²) in [4.78, 5) is 0. The highest BCUT2D eigenvalue weighted by Gasteiger charge is 2.18. The van der Waals surface area contributed by atoms with Gasteiger partial charge < -0.3 is 0 Å². The summed E-state index contributed by atoms with van der Waals surface area (Å²) >= 11 is 1.90. The van der Waals surface area contributed by atoms with Crippen LogP contribution in [0.15, 0.2) is 60.8 Å². The van der Waals surface area contributed by atoms with Crippen LogP contribution in [-0.2, 0) is 6.54 Å². The lowest BCUT2D eigenvalue weighted by Crippen LogP contribution is -2.34. The maximum absolute atomic E-state index is 2.33. The van der Waals surface area contributed by atoms with Crippen molar-refractivity contribution in [2.24, 2.45) is 0 Å². The summed E-state index contributed by atoms with van der Waals surface area (Å²) in [6.07, 6.45) is 2.17. The summed E-state index contributed by atoms with van der Waals surface area (Å²) in [6.45, 7) is 5.40. The fourth-order valence-corrected chi connectivity index (χ4v) is 4.49. The Kier molecular flexibility index (Phi) is 3.20. The molecule has 0 unspecified atom stereocenters. The molecule has 0 aliphatic carbocycles. The number of hydrogen-bond donors (Lipinski definition) is 0. The summed E-state index contributed by atoms with van der Waals surface area (Å²) in [5.74, 6) is 0. The molecule has 0 atom stereocenters. The zero-order valence-electron chi connectivity index (χ0n) is 12.8. The second kappa shape index (κ2) is 5.22.